The van der Waals surface area contributed by atoms with E-state index in [0.717, 1.165) is 16.7 Å². The van der Waals surface area contributed by atoms with Crippen LogP contribution in [0.5, 0.6) is 5.75 Å². The molecule has 6 heteroatoms. The zero-order valence-electron chi connectivity index (χ0n) is 16.1. The molecule has 0 spiro atoms. The van der Waals surface area contributed by atoms with Crippen molar-refractivity contribution >= 4 is 42.8 Å². The lowest BCUT2D eigenvalue weighted by atomic mass is 9.98. The van der Waals surface area contributed by atoms with Crippen molar-refractivity contribution in [2.75, 3.05) is 0 Å². The van der Waals surface area contributed by atoms with Crippen molar-refractivity contribution in [2.24, 2.45) is 0 Å². The third-order valence-electron chi connectivity index (χ3n) is 4.03. The highest BCUT2D eigenvalue weighted by molar-refractivity contribution is 8.00. The van der Waals surface area contributed by atoms with Crippen molar-refractivity contribution in [1.82, 2.24) is 0 Å². The Morgan fingerprint density at radius 3 is 2.19 bits per heavy atom. The molecular weight excluding hydrogens is 400 g/mol. The van der Waals surface area contributed by atoms with Gasteiger partial charge < -0.3 is 9.47 Å². The van der Waals surface area contributed by atoms with Gasteiger partial charge >= 0.3 is 5.97 Å². The van der Waals surface area contributed by atoms with Gasteiger partial charge in [0, 0.05) is 5.02 Å². The van der Waals surface area contributed by atoms with Crippen molar-refractivity contribution in [2.45, 2.75) is 50.4 Å². The molecule has 0 saturated carbocycles. The molecule has 27 heavy (non-hydrogen) atoms. The summed E-state index contributed by atoms with van der Waals surface area (Å²) < 4.78 is 10.4. The first-order chi connectivity index (χ1) is 12.4. The van der Waals surface area contributed by atoms with Crippen molar-refractivity contribution in [1.29, 1.82) is 0 Å². The van der Waals surface area contributed by atoms with Crippen LogP contribution in [0.3, 0.4) is 0 Å². The van der Waals surface area contributed by atoms with Gasteiger partial charge in [-0.25, -0.2) is 4.79 Å². The maximum Gasteiger partial charge on any atom is 0.350 e. The van der Waals surface area contributed by atoms with Crippen LogP contribution in [0.1, 0.15) is 44.4 Å². The molecule has 0 aliphatic rings. The number of carbonyl (C=O) groups excluding carboxylic acids is 1. The summed E-state index contributed by atoms with van der Waals surface area (Å²) in [6.45, 7) is 8.95. The molecule has 2 rings (SSSR count). The van der Waals surface area contributed by atoms with Crippen LogP contribution in [-0.2, 0) is 13.6 Å². The minimum Gasteiger partial charge on any atom is -0.476 e. The van der Waals surface area contributed by atoms with Crippen LogP contribution in [-0.4, -0.2) is 17.7 Å². The second kappa shape index (κ2) is 8.38. The molecule has 0 unspecified atom stereocenters. The van der Waals surface area contributed by atoms with E-state index < -0.39 is 15.6 Å². The van der Waals surface area contributed by atoms with Crippen LogP contribution in [0.25, 0.3) is 0 Å². The lowest BCUT2D eigenvalue weighted by Crippen LogP contribution is -2.40. The van der Waals surface area contributed by atoms with Crippen LogP contribution in [0.15, 0.2) is 42.5 Å². The number of rotatable bonds is 6. The summed E-state index contributed by atoms with van der Waals surface area (Å²) in [6.07, 6.45) is -0.196. The third kappa shape index (κ3) is 5.37. The largest absolute Gasteiger partial charge is 0.476 e. The number of hydrogen-bond acceptors (Lipinski definition) is 5. The number of thiol groups is 2. The highest BCUT2D eigenvalue weighted by Crippen LogP contribution is 2.42. The van der Waals surface area contributed by atoms with E-state index in [1.54, 1.807) is 13.8 Å². The van der Waals surface area contributed by atoms with Gasteiger partial charge in [-0.1, -0.05) is 29.8 Å². The van der Waals surface area contributed by atoms with Crippen LogP contribution in [0.2, 0.25) is 5.02 Å². The summed E-state index contributed by atoms with van der Waals surface area (Å²) in [5.74, 6) is 0.175. The van der Waals surface area contributed by atoms with Crippen molar-refractivity contribution < 1.29 is 14.3 Å². The Morgan fingerprint density at radius 1 is 1.07 bits per heavy atom. The number of hydrogen-bond donors (Lipinski definition) is 2. The standard InChI is InChI=1S/C21H25ClO3S2/c1-13(2)24-19(23)20(4,5)25-17-10-11-18(14(3)12-17)21(26,27)15-6-8-16(22)9-7-15/h6-13,26-27H,1-5H3. The molecule has 0 heterocycles. The first-order valence-corrected chi connectivity index (χ1v) is 9.92. The van der Waals surface area contributed by atoms with E-state index in [-0.39, 0.29) is 6.10 Å². The van der Waals surface area contributed by atoms with E-state index in [0.29, 0.717) is 10.8 Å². The van der Waals surface area contributed by atoms with E-state index in [9.17, 15) is 4.79 Å². The van der Waals surface area contributed by atoms with E-state index in [4.69, 9.17) is 46.3 Å². The average molecular weight is 425 g/mol. The lowest BCUT2D eigenvalue weighted by molar-refractivity contribution is -0.163. The van der Waals surface area contributed by atoms with Crippen LogP contribution >= 0.6 is 36.9 Å². The summed E-state index contributed by atoms with van der Waals surface area (Å²) in [4.78, 5) is 12.2. The molecule has 146 valence electrons. The number of carbonyl (C=O) groups is 1. The predicted octanol–water partition coefficient (Wildman–Crippen LogP) is 5.82. The Morgan fingerprint density at radius 2 is 1.67 bits per heavy atom. The number of esters is 1. The quantitative estimate of drug-likeness (QED) is 0.348. The molecule has 0 atom stereocenters. The minimum absolute atomic E-state index is 0.196. The van der Waals surface area contributed by atoms with Gasteiger partial charge in [-0.2, -0.15) is 25.3 Å². The SMILES string of the molecule is Cc1cc(OC(C)(C)C(=O)OC(C)C)ccc1C(S)(S)c1ccc(Cl)cc1. The van der Waals surface area contributed by atoms with Gasteiger partial charge in [0.1, 0.15) is 9.83 Å². The molecule has 2 aromatic carbocycles. The molecule has 0 N–H and O–H groups in total. The number of aryl methyl sites for hydroxylation is 1. The van der Waals surface area contributed by atoms with Gasteiger partial charge in [-0.3, -0.25) is 0 Å². The monoisotopic (exact) mass is 424 g/mol. The highest BCUT2D eigenvalue weighted by atomic mass is 35.5. The lowest BCUT2D eigenvalue weighted by Gasteiger charge is -2.28. The Labute approximate surface area is 177 Å². The van der Waals surface area contributed by atoms with Crippen molar-refractivity contribution in [3.63, 3.8) is 0 Å². The smallest absolute Gasteiger partial charge is 0.350 e. The minimum atomic E-state index is -1.09. The van der Waals surface area contributed by atoms with Gasteiger partial charge in [-0.15, -0.1) is 0 Å². The van der Waals surface area contributed by atoms with Gasteiger partial charge in [0.15, 0.2) is 5.60 Å². The highest BCUT2D eigenvalue weighted by Gasteiger charge is 2.33. The summed E-state index contributed by atoms with van der Waals surface area (Å²) in [7, 11) is 0. The van der Waals surface area contributed by atoms with E-state index in [1.165, 1.54) is 0 Å². The van der Waals surface area contributed by atoms with Gasteiger partial charge in [0.2, 0.25) is 0 Å². The molecule has 0 aliphatic heterocycles. The van der Waals surface area contributed by atoms with Crippen LogP contribution < -0.4 is 4.74 Å². The Hall–Kier alpha value is -1.30. The maximum absolute atomic E-state index is 12.2. The normalized spacial score (nSPS) is 12.2. The van der Waals surface area contributed by atoms with Crippen LogP contribution in [0.4, 0.5) is 0 Å². The zero-order chi connectivity index (χ0) is 20.4. The summed E-state index contributed by atoms with van der Waals surface area (Å²) >= 11 is 15.5. The molecule has 0 radical (unpaired) electrons. The molecule has 0 fully saturated rings. The Kier molecular flexibility index (Phi) is 6.82. The van der Waals surface area contributed by atoms with Crippen molar-refractivity contribution in [3.8, 4) is 5.75 Å². The molecule has 2 aromatic rings. The topological polar surface area (TPSA) is 35.5 Å². The number of ether oxygens (including phenoxy) is 2. The van der Waals surface area contributed by atoms with Gasteiger partial charge in [-0.05, 0) is 75.6 Å². The zero-order valence-corrected chi connectivity index (χ0v) is 18.7. The summed E-state index contributed by atoms with van der Waals surface area (Å²) in [6, 6.07) is 13.0. The summed E-state index contributed by atoms with van der Waals surface area (Å²) in [5.41, 5.74) is 1.69. The van der Waals surface area contributed by atoms with Gasteiger partial charge in [0.05, 0.1) is 6.10 Å². The molecule has 3 nitrogen and oxygen atoms in total. The Bertz CT molecular complexity index is 815. The molecule has 0 amide bonds. The third-order valence-corrected chi connectivity index (χ3v) is 5.28. The van der Waals surface area contributed by atoms with E-state index in [1.807, 2.05) is 63.2 Å². The van der Waals surface area contributed by atoms with E-state index >= 15 is 0 Å². The molecule has 0 saturated heterocycles. The van der Waals surface area contributed by atoms with Crippen LogP contribution in [0, 0.1) is 6.92 Å². The molecular formula is C21H25ClO3S2. The Balaban J connectivity index is 2.27. The number of halogens is 1. The molecule has 0 bridgehead atoms. The first kappa shape index (κ1) is 22.0. The average Bonchev–Trinajstić information content (AvgIpc) is 2.54. The fraction of sp³-hybridized carbons (Fsp3) is 0.381. The van der Waals surface area contributed by atoms with E-state index in [2.05, 4.69) is 0 Å². The fourth-order valence-electron chi connectivity index (χ4n) is 2.62. The van der Waals surface area contributed by atoms with Crippen molar-refractivity contribution in [3.05, 3.63) is 64.2 Å². The second-order valence-electron chi connectivity index (χ2n) is 7.22. The maximum atomic E-state index is 12.2. The number of benzene rings is 2. The summed E-state index contributed by atoms with van der Waals surface area (Å²) in [5, 5.41) is 0.659. The molecule has 0 aliphatic carbocycles. The second-order valence-corrected chi connectivity index (χ2v) is 9.35. The fourth-order valence-corrected chi connectivity index (χ4v) is 3.55. The molecule has 0 aromatic heterocycles. The predicted molar refractivity (Wildman–Crippen MR) is 117 cm³/mol. The first-order valence-electron chi connectivity index (χ1n) is 8.65. The van der Waals surface area contributed by atoms with Gasteiger partial charge in [0.25, 0.3) is 0 Å².